The summed E-state index contributed by atoms with van der Waals surface area (Å²) < 4.78 is 48.0. The van der Waals surface area contributed by atoms with Crippen LogP contribution >= 0.6 is 0 Å². The van der Waals surface area contributed by atoms with Gasteiger partial charge in [-0.05, 0) is 61.1 Å². The van der Waals surface area contributed by atoms with Crippen molar-refractivity contribution >= 4 is 11.9 Å². The van der Waals surface area contributed by atoms with Crippen molar-refractivity contribution in [1.29, 1.82) is 0 Å². The van der Waals surface area contributed by atoms with E-state index in [2.05, 4.69) is 22.2 Å². The van der Waals surface area contributed by atoms with Gasteiger partial charge in [-0.15, -0.1) is 0 Å². The molecule has 1 aliphatic rings. The van der Waals surface area contributed by atoms with Crippen LogP contribution in [0, 0.1) is 6.92 Å². The van der Waals surface area contributed by atoms with E-state index in [0.717, 1.165) is 37.1 Å². The van der Waals surface area contributed by atoms with Crippen LogP contribution in [0.1, 0.15) is 58.4 Å². The highest BCUT2D eigenvalue weighted by atomic mass is 19.4. The molecule has 0 spiro atoms. The lowest BCUT2D eigenvalue weighted by Crippen LogP contribution is -2.36. The number of aromatic nitrogens is 3. The number of carbonyl (C=O) groups is 2. The second-order valence-electron chi connectivity index (χ2n) is 10.3. The number of nitrogens with zero attached hydrogens (tertiary/aromatic N) is 4. The molecule has 5 rings (SSSR count). The van der Waals surface area contributed by atoms with Crippen molar-refractivity contribution in [2.75, 3.05) is 13.1 Å². The molecule has 0 bridgehead atoms. The highest BCUT2D eigenvalue weighted by molar-refractivity contribution is 5.89. The van der Waals surface area contributed by atoms with Gasteiger partial charge in [0, 0.05) is 25.6 Å². The first-order valence-corrected chi connectivity index (χ1v) is 13.5. The predicted octanol–water partition coefficient (Wildman–Crippen LogP) is 6.26. The number of pyridine rings is 1. The maximum atomic E-state index is 13.8. The Morgan fingerprint density at radius 1 is 1.05 bits per heavy atom. The second kappa shape index (κ2) is 11.7. The van der Waals surface area contributed by atoms with Crippen molar-refractivity contribution < 1.29 is 32.6 Å². The first kappa shape index (κ1) is 28.8. The SMILES string of the molecule is CC(=O)N1CCC(c2ccc(COc3ccc(C)cc3-c3cccc(-n4ncc(C(=O)O)c4C(F)(F)F)n3)cc2)CC1. The van der Waals surface area contributed by atoms with Crippen molar-refractivity contribution in [1.82, 2.24) is 19.7 Å². The minimum atomic E-state index is -4.96. The monoisotopic (exact) mass is 578 g/mol. The number of alkyl halides is 3. The van der Waals surface area contributed by atoms with E-state index in [0.29, 0.717) is 33.8 Å². The van der Waals surface area contributed by atoms with Crippen LogP contribution < -0.4 is 4.74 Å². The van der Waals surface area contributed by atoms with E-state index in [-0.39, 0.29) is 18.3 Å². The molecule has 1 amide bonds. The highest BCUT2D eigenvalue weighted by Gasteiger charge is 2.41. The summed E-state index contributed by atoms with van der Waals surface area (Å²) in [5.41, 5.74) is 1.62. The van der Waals surface area contributed by atoms with E-state index in [9.17, 15) is 27.9 Å². The molecule has 0 aliphatic carbocycles. The molecule has 0 unspecified atom stereocenters. The third kappa shape index (κ3) is 6.14. The van der Waals surface area contributed by atoms with Gasteiger partial charge in [-0.2, -0.15) is 18.3 Å². The number of carboxylic acid groups (broad SMARTS) is 1. The summed E-state index contributed by atoms with van der Waals surface area (Å²) in [4.78, 5) is 29.3. The number of carbonyl (C=O) groups excluding carboxylic acids is 1. The predicted molar refractivity (Wildman–Crippen MR) is 148 cm³/mol. The molecule has 1 aliphatic heterocycles. The van der Waals surface area contributed by atoms with Crippen LogP contribution in [0.5, 0.6) is 5.75 Å². The molecule has 1 fully saturated rings. The summed E-state index contributed by atoms with van der Waals surface area (Å²) in [6, 6.07) is 18.2. The Morgan fingerprint density at radius 3 is 2.40 bits per heavy atom. The second-order valence-corrected chi connectivity index (χ2v) is 10.3. The molecule has 2 aromatic heterocycles. The van der Waals surface area contributed by atoms with Crippen LogP contribution in [0.2, 0.25) is 0 Å². The number of aromatic carboxylic acids is 1. The molecular weight excluding hydrogens is 549 g/mol. The number of likely N-dealkylation sites (tertiary alicyclic amines) is 1. The number of hydrogen-bond acceptors (Lipinski definition) is 5. The maximum absolute atomic E-state index is 13.8. The average molecular weight is 579 g/mol. The van der Waals surface area contributed by atoms with Crippen LogP contribution in [-0.2, 0) is 17.6 Å². The Bertz CT molecular complexity index is 1610. The number of rotatable bonds is 7. The number of amides is 1. The van der Waals surface area contributed by atoms with Gasteiger partial charge in [-0.1, -0.05) is 42.0 Å². The van der Waals surface area contributed by atoms with E-state index >= 15 is 0 Å². The molecule has 0 saturated carbocycles. The molecule has 3 heterocycles. The largest absolute Gasteiger partial charge is 0.488 e. The van der Waals surface area contributed by atoms with Gasteiger partial charge in [0.15, 0.2) is 11.5 Å². The molecule has 1 N–H and O–H groups in total. The van der Waals surface area contributed by atoms with Crippen molar-refractivity contribution in [3.8, 4) is 22.8 Å². The minimum absolute atomic E-state index is 0.109. The number of hydrogen-bond donors (Lipinski definition) is 1. The number of piperidine rings is 1. The smallest absolute Gasteiger partial charge is 0.434 e. The topological polar surface area (TPSA) is 97.6 Å². The fraction of sp³-hybridized carbons (Fsp3) is 0.290. The molecule has 1 saturated heterocycles. The van der Waals surface area contributed by atoms with Crippen LogP contribution in [0.25, 0.3) is 17.1 Å². The van der Waals surface area contributed by atoms with Gasteiger partial charge in [0.25, 0.3) is 0 Å². The van der Waals surface area contributed by atoms with Crippen molar-refractivity contribution in [3.05, 3.63) is 94.8 Å². The van der Waals surface area contributed by atoms with E-state index in [1.807, 2.05) is 36.1 Å². The molecule has 11 heteroatoms. The lowest BCUT2D eigenvalue weighted by atomic mass is 9.89. The maximum Gasteiger partial charge on any atom is 0.434 e. The van der Waals surface area contributed by atoms with Crippen molar-refractivity contribution in [2.24, 2.45) is 0 Å². The Labute approximate surface area is 240 Å². The minimum Gasteiger partial charge on any atom is -0.488 e. The van der Waals surface area contributed by atoms with E-state index in [4.69, 9.17) is 4.74 Å². The third-order valence-electron chi connectivity index (χ3n) is 7.42. The van der Waals surface area contributed by atoms with Crippen LogP contribution in [0.3, 0.4) is 0 Å². The lowest BCUT2D eigenvalue weighted by Gasteiger charge is -2.31. The number of carboxylic acids is 1. The van der Waals surface area contributed by atoms with Crippen molar-refractivity contribution in [3.63, 3.8) is 0 Å². The molecule has 4 aromatic rings. The summed E-state index contributed by atoms with van der Waals surface area (Å²) in [6.45, 7) is 5.26. The van der Waals surface area contributed by atoms with E-state index in [1.165, 1.54) is 17.7 Å². The normalized spacial score (nSPS) is 14.2. The fourth-order valence-corrected chi connectivity index (χ4v) is 5.19. The number of ether oxygens (including phenoxy) is 1. The molecule has 42 heavy (non-hydrogen) atoms. The van der Waals surface area contributed by atoms with Crippen LogP contribution in [0.4, 0.5) is 13.2 Å². The molecular formula is C31H29F3N4O4. The summed E-state index contributed by atoms with van der Waals surface area (Å²) in [6.07, 6.45) is -2.44. The first-order chi connectivity index (χ1) is 20.0. The van der Waals surface area contributed by atoms with E-state index in [1.54, 1.807) is 19.1 Å². The molecule has 0 atom stereocenters. The van der Waals surface area contributed by atoms with E-state index < -0.39 is 23.4 Å². The van der Waals surface area contributed by atoms with Gasteiger partial charge in [0.1, 0.15) is 17.9 Å². The molecule has 8 nitrogen and oxygen atoms in total. The number of aryl methyl sites for hydroxylation is 1. The third-order valence-corrected chi connectivity index (χ3v) is 7.42. The highest BCUT2D eigenvalue weighted by Crippen LogP contribution is 2.35. The van der Waals surface area contributed by atoms with Gasteiger partial charge in [0.2, 0.25) is 5.91 Å². The summed E-state index contributed by atoms with van der Waals surface area (Å²) in [5, 5.41) is 12.9. The number of halogens is 3. The van der Waals surface area contributed by atoms with Gasteiger partial charge < -0.3 is 14.7 Å². The zero-order valence-electron chi connectivity index (χ0n) is 23.1. The lowest BCUT2D eigenvalue weighted by molar-refractivity contribution is -0.143. The molecule has 2 aromatic carbocycles. The van der Waals surface area contributed by atoms with Crippen molar-refractivity contribution in [2.45, 2.75) is 45.4 Å². The van der Waals surface area contributed by atoms with Crippen LogP contribution in [-0.4, -0.2) is 49.7 Å². The summed E-state index contributed by atoms with van der Waals surface area (Å²) in [7, 11) is 0. The zero-order valence-corrected chi connectivity index (χ0v) is 23.1. The van der Waals surface area contributed by atoms with Crippen LogP contribution in [0.15, 0.2) is 66.9 Å². The Balaban J connectivity index is 1.36. The Morgan fingerprint density at radius 2 is 1.76 bits per heavy atom. The summed E-state index contributed by atoms with van der Waals surface area (Å²) >= 11 is 0. The van der Waals surface area contributed by atoms with Gasteiger partial charge in [-0.3, -0.25) is 4.79 Å². The molecule has 218 valence electrons. The first-order valence-electron chi connectivity index (χ1n) is 13.5. The van der Waals surface area contributed by atoms with Gasteiger partial charge >= 0.3 is 12.1 Å². The standard InChI is InChI=1S/C31H29F3N4O4/c1-19-6-11-27(42-18-21-7-9-22(10-8-21)23-12-14-37(15-13-23)20(2)39)24(16-19)26-4-3-5-28(36-26)38-29(31(32,33)34)25(17-35-38)30(40)41/h3-11,16-17,23H,12-15,18H2,1-2H3,(H,40,41). The summed E-state index contributed by atoms with van der Waals surface area (Å²) in [5.74, 6) is -0.904. The Hall–Kier alpha value is -4.67. The molecule has 0 radical (unpaired) electrons. The Kier molecular flexibility index (Phi) is 8.02. The van der Waals surface area contributed by atoms with Gasteiger partial charge in [-0.25, -0.2) is 14.5 Å². The quantitative estimate of drug-likeness (QED) is 0.278. The average Bonchev–Trinajstić information content (AvgIpc) is 3.44. The zero-order chi connectivity index (χ0) is 30.0. The fourth-order valence-electron chi connectivity index (χ4n) is 5.19. The number of benzene rings is 2. The van der Waals surface area contributed by atoms with Gasteiger partial charge in [0.05, 0.1) is 11.9 Å².